The third-order valence-electron chi connectivity index (χ3n) is 3.20. The van der Waals surface area contributed by atoms with Gasteiger partial charge in [-0.25, -0.2) is 4.98 Å². The van der Waals surface area contributed by atoms with Crippen LogP contribution in [0.25, 0.3) is 0 Å². The van der Waals surface area contributed by atoms with Gasteiger partial charge >= 0.3 is 0 Å². The van der Waals surface area contributed by atoms with Gasteiger partial charge in [0.2, 0.25) is 0 Å². The molecule has 0 saturated carbocycles. The van der Waals surface area contributed by atoms with Gasteiger partial charge in [0.05, 0.1) is 18.3 Å². The highest BCUT2D eigenvalue weighted by molar-refractivity contribution is 7.09. The number of aromatic nitrogens is 1. The second kappa shape index (κ2) is 6.68. The van der Waals surface area contributed by atoms with E-state index in [0.29, 0.717) is 6.04 Å². The van der Waals surface area contributed by atoms with Gasteiger partial charge in [-0.3, -0.25) is 0 Å². The Morgan fingerprint density at radius 2 is 2.05 bits per heavy atom. The zero-order valence-electron chi connectivity index (χ0n) is 11.6. The molecule has 19 heavy (non-hydrogen) atoms. The molecule has 0 saturated heterocycles. The third kappa shape index (κ3) is 3.78. The first kappa shape index (κ1) is 14.0. The van der Waals surface area contributed by atoms with Crippen molar-refractivity contribution in [3.8, 4) is 5.75 Å². The normalized spacial score (nSPS) is 12.4. The van der Waals surface area contributed by atoms with Gasteiger partial charge < -0.3 is 10.1 Å². The molecule has 0 amide bonds. The Morgan fingerprint density at radius 3 is 2.63 bits per heavy atom. The van der Waals surface area contributed by atoms with Gasteiger partial charge in [-0.15, -0.1) is 11.3 Å². The van der Waals surface area contributed by atoms with Gasteiger partial charge in [0.1, 0.15) is 5.75 Å². The molecule has 3 nitrogen and oxygen atoms in total. The number of nitrogens with one attached hydrogen (secondary N) is 1. The standard InChI is InChI=1S/C15H20N2OS/c1-11(15-12(2)17-10-19-15)16-9-8-13-4-6-14(18-3)7-5-13/h4-7,10-11,16H,8-9H2,1-3H3. The highest BCUT2D eigenvalue weighted by atomic mass is 32.1. The van der Waals surface area contributed by atoms with Gasteiger partial charge in [0, 0.05) is 10.9 Å². The van der Waals surface area contributed by atoms with Gasteiger partial charge in [-0.1, -0.05) is 12.1 Å². The summed E-state index contributed by atoms with van der Waals surface area (Å²) >= 11 is 1.72. The van der Waals surface area contributed by atoms with Crippen LogP contribution in [0.15, 0.2) is 29.8 Å². The quantitative estimate of drug-likeness (QED) is 0.878. The molecule has 0 fully saturated rings. The first-order chi connectivity index (χ1) is 9.20. The van der Waals surface area contributed by atoms with E-state index in [1.807, 2.05) is 17.6 Å². The van der Waals surface area contributed by atoms with Gasteiger partial charge in [-0.2, -0.15) is 0 Å². The summed E-state index contributed by atoms with van der Waals surface area (Å²) in [5.41, 5.74) is 4.36. The van der Waals surface area contributed by atoms with E-state index in [4.69, 9.17) is 4.74 Å². The number of methoxy groups -OCH3 is 1. The summed E-state index contributed by atoms with van der Waals surface area (Å²) in [7, 11) is 1.69. The van der Waals surface area contributed by atoms with Crippen LogP contribution in [0.1, 0.15) is 29.1 Å². The number of nitrogens with zero attached hydrogens (tertiary/aromatic N) is 1. The summed E-state index contributed by atoms with van der Waals surface area (Å²) in [5.74, 6) is 0.908. The largest absolute Gasteiger partial charge is 0.497 e. The summed E-state index contributed by atoms with van der Waals surface area (Å²) < 4.78 is 5.15. The molecule has 1 aromatic carbocycles. The number of rotatable bonds is 6. The fourth-order valence-electron chi connectivity index (χ4n) is 2.04. The average Bonchev–Trinajstić information content (AvgIpc) is 2.86. The molecule has 1 heterocycles. The molecule has 4 heteroatoms. The predicted molar refractivity (Wildman–Crippen MR) is 80.0 cm³/mol. The van der Waals surface area contributed by atoms with Crippen LogP contribution in [0.4, 0.5) is 0 Å². The van der Waals surface area contributed by atoms with E-state index in [1.54, 1.807) is 18.4 Å². The van der Waals surface area contributed by atoms with Crippen molar-refractivity contribution in [2.45, 2.75) is 26.3 Å². The van der Waals surface area contributed by atoms with Gasteiger partial charge in [0.15, 0.2) is 0 Å². The monoisotopic (exact) mass is 276 g/mol. The number of hydrogen-bond donors (Lipinski definition) is 1. The fourth-order valence-corrected chi connectivity index (χ4v) is 2.88. The van der Waals surface area contributed by atoms with Crippen molar-refractivity contribution in [3.05, 3.63) is 45.9 Å². The molecule has 0 radical (unpaired) electrons. The van der Waals surface area contributed by atoms with Crippen molar-refractivity contribution in [1.82, 2.24) is 10.3 Å². The van der Waals surface area contributed by atoms with Crippen molar-refractivity contribution >= 4 is 11.3 Å². The van der Waals surface area contributed by atoms with Crippen LogP contribution >= 0.6 is 11.3 Å². The molecule has 0 aliphatic heterocycles. The van der Waals surface area contributed by atoms with Crippen LogP contribution in [0.2, 0.25) is 0 Å². The lowest BCUT2D eigenvalue weighted by molar-refractivity contribution is 0.414. The molecule has 0 aliphatic carbocycles. The number of thiazole rings is 1. The van der Waals surface area contributed by atoms with Gasteiger partial charge in [-0.05, 0) is 44.5 Å². The Kier molecular flexibility index (Phi) is 4.93. The minimum absolute atomic E-state index is 0.366. The predicted octanol–water partition coefficient (Wildman–Crippen LogP) is 3.35. The van der Waals surface area contributed by atoms with Crippen molar-refractivity contribution in [1.29, 1.82) is 0 Å². The Morgan fingerprint density at radius 1 is 1.32 bits per heavy atom. The zero-order chi connectivity index (χ0) is 13.7. The molecular formula is C15H20N2OS. The minimum Gasteiger partial charge on any atom is -0.497 e. The van der Waals surface area contributed by atoms with Crippen LogP contribution < -0.4 is 10.1 Å². The van der Waals surface area contributed by atoms with E-state index < -0.39 is 0 Å². The maximum absolute atomic E-state index is 5.15. The highest BCUT2D eigenvalue weighted by Crippen LogP contribution is 2.20. The lowest BCUT2D eigenvalue weighted by Crippen LogP contribution is -2.21. The Bertz CT molecular complexity index is 507. The molecule has 2 rings (SSSR count). The molecule has 2 aromatic rings. The van der Waals surface area contributed by atoms with Crippen molar-refractivity contribution in [2.24, 2.45) is 0 Å². The lowest BCUT2D eigenvalue weighted by atomic mass is 10.1. The van der Waals surface area contributed by atoms with Crippen molar-refractivity contribution < 1.29 is 4.74 Å². The smallest absolute Gasteiger partial charge is 0.118 e. The van der Waals surface area contributed by atoms with Gasteiger partial charge in [0.25, 0.3) is 0 Å². The number of hydrogen-bond acceptors (Lipinski definition) is 4. The Hall–Kier alpha value is -1.39. The van der Waals surface area contributed by atoms with Crippen LogP contribution in [0.5, 0.6) is 5.75 Å². The second-order valence-electron chi connectivity index (χ2n) is 4.58. The van der Waals surface area contributed by atoms with Crippen LogP contribution in [-0.2, 0) is 6.42 Å². The number of ether oxygens (including phenoxy) is 1. The number of benzene rings is 1. The highest BCUT2D eigenvalue weighted by Gasteiger charge is 2.09. The topological polar surface area (TPSA) is 34.1 Å². The zero-order valence-corrected chi connectivity index (χ0v) is 12.5. The van der Waals surface area contributed by atoms with E-state index >= 15 is 0 Å². The fraction of sp³-hybridized carbons (Fsp3) is 0.400. The maximum atomic E-state index is 5.15. The summed E-state index contributed by atoms with van der Waals surface area (Å²) in [4.78, 5) is 5.62. The second-order valence-corrected chi connectivity index (χ2v) is 5.46. The van der Waals surface area contributed by atoms with E-state index in [-0.39, 0.29) is 0 Å². The van der Waals surface area contributed by atoms with Crippen LogP contribution in [-0.4, -0.2) is 18.6 Å². The molecular weight excluding hydrogens is 256 g/mol. The van der Waals surface area contributed by atoms with Crippen molar-refractivity contribution in [3.63, 3.8) is 0 Å². The van der Waals surface area contributed by atoms with E-state index in [2.05, 4.69) is 36.3 Å². The Balaban J connectivity index is 1.81. The molecule has 102 valence electrons. The molecule has 1 unspecified atom stereocenters. The van der Waals surface area contributed by atoms with Crippen LogP contribution in [0, 0.1) is 6.92 Å². The first-order valence-electron chi connectivity index (χ1n) is 6.47. The average molecular weight is 276 g/mol. The van der Waals surface area contributed by atoms with E-state index in [1.165, 1.54) is 10.4 Å². The van der Waals surface area contributed by atoms with E-state index in [0.717, 1.165) is 24.4 Å². The first-order valence-corrected chi connectivity index (χ1v) is 7.35. The van der Waals surface area contributed by atoms with Crippen molar-refractivity contribution in [2.75, 3.05) is 13.7 Å². The molecule has 1 aromatic heterocycles. The Labute approximate surface area is 118 Å². The summed E-state index contributed by atoms with van der Waals surface area (Å²) in [6.07, 6.45) is 1.02. The molecule has 0 spiro atoms. The molecule has 0 aliphatic rings. The summed E-state index contributed by atoms with van der Waals surface area (Å²) in [6.45, 7) is 5.22. The van der Waals surface area contributed by atoms with Crippen LogP contribution in [0.3, 0.4) is 0 Å². The SMILES string of the molecule is COc1ccc(CCNC(C)c2scnc2C)cc1. The number of aryl methyl sites for hydroxylation is 1. The summed E-state index contributed by atoms with van der Waals surface area (Å²) in [5, 5.41) is 3.54. The van der Waals surface area contributed by atoms with E-state index in [9.17, 15) is 0 Å². The lowest BCUT2D eigenvalue weighted by Gasteiger charge is -2.12. The molecule has 1 N–H and O–H groups in total. The minimum atomic E-state index is 0.366. The maximum Gasteiger partial charge on any atom is 0.118 e. The molecule has 1 atom stereocenters. The third-order valence-corrected chi connectivity index (χ3v) is 4.31. The summed E-state index contributed by atoms with van der Waals surface area (Å²) in [6, 6.07) is 8.61. The molecule has 0 bridgehead atoms.